The molecule has 0 aliphatic heterocycles. The van der Waals surface area contributed by atoms with Gasteiger partial charge in [-0.05, 0) is 37.3 Å². The zero-order valence-corrected chi connectivity index (χ0v) is 18.3. The Bertz CT molecular complexity index is 915. The van der Waals surface area contributed by atoms with Crippen LogP contribution in [0.4, 0.5) is 0 Å². The summed E-state index contributed by atoms with van der Waals surface area (Å²) in [6.45, 7) is 7.00. The summed E-state index contributed by atoms with van der Waals surface area (Å²) in [4.78, 5) is 37.2. The number of hydrogen-bond acceptors (Lipinski definition) is 5. The van der Waals surface area contributed by atoms with Crippen LogP contribution in [0.2, 0.25) is 0 Å². The normalized spacial score (nSPS) is 11.1. The molecule has 5 nitrogen and oxygen atoms in total. The molecule has 29 heavy (non-hydrogen) atoms. The molecule has 0 aliphatic rings. The van der Waals surface area contributed by atoms with Crippen molar-refractivity contribution in [1.82, 2.24) is 5.32 Å². The molecule has 0 saturated carbocycles. The van der Waals surface area contributed by atoms with Gasteiger partial charge in [0.15, 0.2) is 11.6 Å². The minimum Gasteiger partial charge on any atom is -0.496 e. The predicted octanol–water partition coefficient (Wildman–Crippen LogP) is 4.54. The zero-order chi connectivity index (χ0) is 21.6. The van der Waals surface area contributed by atoms with Gasteiger partial charge in [-0.25, -0.2) is 0 Å². The third-order valence-corrected chi connectivity index (χ3v) is 5.57. The monoisotopic (exact) mass is 413 g/mol. The maximum atomic E-state index is 12.6. The number of nitrogens with one attached hydrogen (secondary N) is 1. The molecule has 0 unspecified atom stereocenters. The Hall–Kier alpha value is -2.60. The van der Waals surface area contributed by atoms with Gasteiger partial charge >= 0.3 is 0 Å². The molecule has 0 atom stereocenters. The second kappa shape index (κ2) is 9.74. The zero-order valence-electron chi connectivity index (χ0n) is 17.5. The molecule has 0 heterocycles. The van der Waals surface area contributed by atoms with Crippen molar-refractivity contribution in [2.75, 3.05) is 13.7 Å². The van der Waals surface area contributed by atoms with E-state index < -0.39 is 5.41 Å². The second-order valence-corrected chi connectivity index (χ2v) is 8.74. The first-order chi connectivity index (χ1) is 13.6. The fourth-order valence-electron chi connectivity index (χ4n) is 2.57. The lowest BCUT2D eigenvalue weighted by Gasteiger charge is -2.17. The number of ketones is 2. The number of ether oxygens (including phenoxy) is 1. The van der Waals surface area contributed by atoms with Gasteiger partial charge in [0.05, 0.1) is 19.2 Å². The van der Waals surface area contributed by atoms with Crippen molar-refractivity contribution in [2.24, 2.45) is 5.41 Å². The van der Waals surface area contributed by atoms with Gasteiger partial charge in [-0.1, -0.05) is 32.9 Å². The van der Waals surface area contributed by atoms with E-state index in [1.54, 1.807) is 31.4 Å². The minimum absolute atomic E-state index is 0.00415. The predicted molar refractivity (Wildman–Crippen MR) is 116 cm³/mol. The van der Waals surface area contributed by atoms with E-state index >= 15 is 0 Å². The maximum absolute atomic E-state index is 12.6. The smallest absolute Gasteiger partial charge is 0.252 e. The number of methoxy groups -OCH3 is 1. The maximum Gasteiger partial charge on any atom is 0.252 e. The third kappa shape index (κ3) is 6.19. The average Bonchev–Trinajstić information content (AvgIpc) is 2.69. The topological polar surface area (TPSA) is 72.5 Å². The molecule has 0 aromatic heterocycles. The Morgan fingerprint density at radius 2 is 1.76 bits per heavy atom. The van der Waals surface area contributed by atoms with Crippen LogP contribution in [0.1, 0.15) is 54.0 Å². The molecule has 1 amide bonds. The lowest BCUT2D eigenvalue weighted by atomic mass is 9.91. The van der Waals surface area contributed by atoms with Crippen LogP contribution in [0, 0.1) is 5.41 Å². The van der Waals surface area contributed by atoms with Crippen LogP contribution in [0.5, 0.6) is 5.75 Å². The molecule has 0 radical (unpaired) electrons. The highest BCUT2D eigenvalue weighted by molar-refractivity contribution is 7.98. The van der Waals surface area contributed by atoms with E-state index in [2.05, 4.69) is 5.32 Å². The molecule has 1 N–H and O–H groups in total. The Morgan fingerprint density at radius 3 is 2.38 bits per heavy atom. The Morgan fingerprint density at radius 1 is 1.07 bits per heavy atom. The molecule has 0 aliphatic carbocycles. The van der Waals surface area contributed by atoms with Crippen molar-refractivity contribution in [2.45, 2.75) is 38.3 Å². The molecule has 2 aromatic rings. The van der Waals surface area contributed by atoms with Crippen LogP contribution < -0.4 is 10.1 Å². The first-order valence-electron chi connectivity index (χ1n) is 9.34. The molecule has 2 aromatic carbocycles. The Labute approximate surface area is 176 Å². The van der Waals surface area contributed by atoms with Crippen LogP contribution in [0.25, 0.3) is 0 Å². The van der Waals surface area contributed by atoms with Gasteiger partial charge in [-0.3, -0.25) is 14.4 Å². The van der Waals surface area contributed by atoms with Crippen molar-refractivity contribution in [1.29, 1.82) is 0 Å². The summed E-state index contributed by atoms with van der Waals surface area (Å²) in [7, 11) is 1.59. The van der Waals surface area contributed by atoms with E-state index in [-0.39, 0.29) is 24.0 Å². The Balaban J connectivity index is 2.15. The number of rotatable bonds is 8. The lowest BCUT2D eigenvalue weighted by molar-refractivity contribution is -0.125. The molecule has 0 fully saturated rings. The number of Topliss-reactive ketones (excluding diaryl/α,β-unsaturated/α-hetero) is 2. The molecule has 0 spiro atoms. The summed E-state index contributed by atoms with van der Waals surface area (Å²) in [6.07, 6.45) is 0. The summed E-state index contributed by atoms with van der Waals surface area (Å²) in [5.41, 5.74) is 1.51. The fourth-order valence-corrected chi connectivity index (χ4v) is 3.59. The number of carbonyl (C=O) groups is 3. The quantitative estimate of drug-likeness (QED) is 0.508. The van der Waals surface area contributed by atoms with Gasteiger partial charge in [-0.2, -0.15) is 0 Å². The van der Waals surface area contributed by atoms with Gasteiger partial charge in [0.25, 0.3) is 5.91 Å². The van der Waals surface area contributed by atoms with Gasteiger partial charge in [0.1, 0.15) is 5.75 Å². The van der Waals surface area contributed by atoms with Crippen LogP contribution >= 0.6 is 11.8 Å². The number of thioether (sulfide) groups is 1. The van der Waals surface area contributed by atoms with E-state index in [1.165, 1.54) is 18.7 Å². The van der Waals surface area contributed by atoms with Crippen LogP contribution in [-0.2, 0) is 10.5 Å². The van der Waals surface area contributed by atoms with E-state index in [1.807, 2.05) is 39.0 Å². The number of hydrogen-bond donors (Lipinski definition) is 1. The summed E-state index contributed by atoms with van der Waals surface area (Å²) in [6, 6.07) is 12.6. The third-order valence-electron chi connectivity index (χ3n) is 4.45. The van der Waals surface area contributed by atoms with E-state index in [0.717, 1.165) is 10.5 Å². The van der Waals surface area contributed by atoms with E-state index in [4.69, 9.17) is 4.74 Å². The summed E-state index contributed by atoms with van der Waals surface area (Å²) >= 11 is 1.48. The van der Waals surface area contributed by atoms with Gasteiger partial charge < -0.3 is 10.1 Å². The van der Waals surface area contributed by atoms with Crippen molar-refractivity contribution < 1.29 is 19.1 Å². The highest BCUT2D eigenvalue weighted by Gasteiger charge is 2.22. The lowest BCUT2D eigenvalue weighted by Crippen LogP contribution is -2.35. The van der Waals surface area contributed by atoms with Crippen LogP contribution in [0.15, 0.2) is 47.4 Å². The van der Waals surface area contributed by atoms with Crippen LogP contribution in [0.3, 0.4) is 0 Å². The average molecular weight is 414 g/mol. The number of carbonyl (C=O) groups excluding carboxylic acids is 3. The molecule has 0 bridgehead atoms. The molecular weight excluding hydrogens is 386 g/mol. The van der Waals surface area contributed by atoms with Crippen molar-refractivity contribution in [3.63, 3.8) is 0 Å². The highest BCUT2D eigenvalue weighted by Crippen LogP contribution is 2.31. The Kier molecular flexibility index (Phi) is 7.62. The molecule has 0 saturated heterocycles. The van der Waals surface area contributed by atoms with Crippen molar-refractivity contribution in [3.8, 4) is 5.75 Å². The molecule has 154 valence electrons. The van der Waals surface area contributed by atoms with Crippen LogP contribution in [-0.4, -0.2) is 31.1 Å². The number of amides is 1. The van der Waals surface area contributed by atoms with E-state index in [9.17, 15) is 14.4 Å². The molecule has 6 heteroatoms. The summed E-state index contributed by atoms with van der Waals surface area (Å²) in [5.74, 6) is 0.912. The molecule has 2 rings (SSSR count). The number of benzene rings is 2. The van der Waals surface area contributed by atoms with E-state index in [0.29, 0.717) is 22.6 Å². The van der Waals surface area contributed by atoms with Crippen molar-refractivity contribution in [3.05, 3.63) is 59.2 Å². The summed E-state index contributed by atoms with van der Waals surface area (Å²) < 4.78 is 5.40. The summed E-state index contributed by atoms with van der Waals surface area (Å²) in [5, 5.41) is 2.72. The fraction of sp³-hybridized carbons (Fsp3) is 0.348. The van der Waals surface area contributed by atoms with Gasteiger partial charge in [-0.15, -0.1) is 11.8 Å². The minimum atomic E-state index is -0.500. The second-order valence-electron chi connectivity index (χ2n) is 7.72. The molecular formula is C23H27NO4S. The van der Waals surface area contributed by atoms with Crippen molar-refractivity contribution >= 4 is 29.2 Å². The highest BCUT2D eigenvalue weighted by atomic mass is 32.2. The van der Waals surface area contributed by atoms with Gasteiger partial charge in [0, 0.05) is 27.2 Å². The first kappa shape index (κ1) is 22.7. The van der Waals surface area contributed by atoms with Gasteiger partial charge in [0.2, 0.25) is 0 Å². The first-order valence-corrected chi connectivity index (χ1v) is 10.3. The largest absolute Gasteiger partial charge is 0.496 e. The SMILES string of the molecule is COc1ccc(C(C)=O)cc1CSc1ccccc1C(=O)NCC(=O)C(C)(C)C. The standard InChI is InChI=1S/C23H27NO4S/c1-15(25)16-10-11-19(28-5)17(12-16)14-29-20-9-7-6-8-18(20)22(27)24-13-21(26)23(2,3)4/h6-12H,13-14H2,1-5H3,(H,24,27).